The molecule has 0 amide bonds. The quantitative estimate of drug-likeness (QED) is 0.429. The zero-order chi connectivity index (χ0) is 16.6. The molecule has 0 saturated heterocycles. The summed E-state index contributed by atoms with van der Waals surface area (Å²) < 4.78 is 33.7. The van der Waals surface area contributed by atoms with E-state index in [0.29, 0.717) is 0 Å². The Morgan fingerprint density at radius 3 is 2.00 bits per heavy atom. The van der Waals surface area contributed by atoms with Gasteiger partial charge >= 0.3 is 7.82 Å². The van der Waals surface area contributed by atoms with E-state index >= 15 is 0 Å². The first-order valence-corrected chi connectivity index (χ1v) is 12.2. The molecule has 0 spiro atoms. The van der Waals surface area contributed by atoms with Gasteiger partial charge in [-0.3, -0.25) is 13.6 Å². The Morgan fingerprint density at radius 2 is 1.55 bits per heavy atom. The first-order valence-electron chi connectivity index (χ1n) is 8.10. The lowest BCUT2D eigenvalue weighted by Crippen LogP contribution is -2.44. The topological polar surface area (TPSA) is 57.9 Å². The lowest BCUT2D eigenvalue weighted by Gasteiger charge is -2.24. The van der Waals surface area contributed by atoms with Crippen molar-refractivity contribution in [2.75, 3.05) is 13.2 Å². The number of phosphoric ester groups is 1. The molecular formula is C15H29O5PSi. The van der Waals surface area contributed by atoms with Gasteiger partial charge in [0.05, 0.1) is 31.5 Å². The van der Waals surface area contributed by atoms with Crippen molar-refractivity contribution in [1.82, 2.24) is 0 Å². The normalized spacial score (nSPS) is 12.8. The summed E-state index contributed by atoms with van der Waals surface area (Å²) in [4.78, 5) is 0. The van der Waals surface area contributed by atoms with Crippen LogP contribution in [0.5, 0.6) is 0 Å². The third-order valence-corrected chi connectivity index (χ3v) is 11.1. The molecule has 1 aromatic heterocycles. The molecule has 0 saturated carbocycles. The predicted molar refractivity (Wildman–Crippen MR) is 91.2 cm³/mol. The van der Waals surface area contributed by atoms with E-state index in [0.717, 1.165) is 29.1 Å². The van der Waals surface area contributed by atoms with Crippen molar-refractivity contribution in [3.05, 3.63) is 17.9 Å². The molecule has 0 N–H and O–H groups in total. The summed E-state index contributed by atoms with van der Waals surface area (Å²) in [5.74, 6) is 0. The first kappa shape index (κ1) is 19.7. The molecule has 0 aliphatic rings. The molecule has 0 atom stereocenters. The Morgan fingerprint density at radius 1 is 1.00 bits per heavy atom. The highest BCUT2D eigenvalue weighted by Gasteiger charge is 2.33. The van der Waals surface area contributed by atoms with Gasteiger partial charge in [-0.25, -0.2) is 4.57 Å². The van der Waals surface area contributed by atoms with E-state index in [4.69, 9.17) is 18.0 Å². The zero-order valence-electron chi connectivity index (χ0n) is 14.4. The van der Waals surface area contributed by atoms with E-state index in [-0.39, 0.29) is 19.8 Å². The van der Waals surface area contributed by atoms with Gasteiger partial charge in [-0.05, 0) is 19.9 Å². The highest BCUT2D eigenvalue weighted by Crippen LogP contribution is 2.49. The smallest absolute Gasteiger partial charge is 0.474 e. The summed E-state index contributed by atoms with van der Waals surface area (Å²) in [6.07, 6.45) is 1.69. The second kappa shape index (κ2) is 9.04. The lowest BCUT2D eigenvalue weighted by atomic mass is 10.4. The Bertz CT molecular complexity index is 466. The minimum absolute atomic E-state index is 0.169. The number of hydrogen-bond acceptors (Lipinski definition) is 5. The van der Waals surface area contributed by atoms with Crippen LogP contribution in [0.2, 0.25) is 18.1 Å². The predicted octanol–water partition coefficient (Wildman–Crippen LogP) is 4.69. The van der Waals surface area contributed by atoms with Gasteiger partial charge in [0.25, 0.3) is 0 Å². The van der Waals surface area contributed by atoms with Crippen LogP contribution in [0.15, 0.2) is 16.7 Å². The summed E-state index contributed by atoms with van der Waals surface area (Å²) in [7, 11) is -5.00. The maximum atomic E-state index is 12.3. The molecule has 1 rings (SSSR count). The van der Waals surface area contributed by atoms with Crippen molar-refractivity contribution in [1.29, 1.82) is 0 Å². The molecule has 1 aromatic rings. The van der Waals surface area contributed by atoms with Crippen molar-refractivity contribution >= 4 is 21.3 Å². The van der Waals surface area contributed by atoms with Gasteiger partial charge < -0.3 is 4.42 Å². The van der Waals surface area contributed by atoms with E-state index in [1.165, 1.54) is 0 Å². The average molecular weight is 348 g/mol. The van der Waals surface area contributed by atoms with Crippen molar-refractivity contribution < 1.29 is 22.6 Å². The first-order chi connectivity index (χ1) is 10.5. The zero-order valence-corrected chi connectivity index (χ0v) is 16.3. The van der Waals surface area contributed by atoms with Gasteiger partial charge in [0.15, 0.2) is 0 Å². The van der Waals surface area contributed by atoms with Crippen LogP contribution in [0.25, 0.3) is 0 Å². The van der Waals surface area contributed by atoms with Gasteiger partial charge in [-0.2, -0.15) is 0 Å². The second-order valence-corrected chi connectivity index (χ2v) is 12.1. The van der Waals surface area contributed by atoms with Crippen LogP contribution in [-0.4, -0.2) is 21.3 Å². The molecule has 1 heterocycles. The molecule has 0 fully saturated rings. The maximum Gasteiger partial charge on any atom is 0.475 e. The Kier molecular flexibility index (Phi) is 8.07. The molecule has 0 bridgehead atoms. The van der Waals surface area contributed by atoms with Crippen LogP contribution >= 0.6 is 7.82 Å². The summed E-state index contributed by atoms with van der Waals surface area (Å²) in [6, 6.07) is 5.52. The van der Waals surface area contributed by atoms with E-state index in [1.54, 1.807) is 20.1 Å². The van der Waals surface area contributed by atoms with Crippen molar-refractivity contribution in [2.45, 2.75) is 59.4 Å². The summed E-state index contributed by atoms with van der Waals surface area (Å²) in [5, 5.41) is 1.10. The molecule has 0 radical (unpaired) electrons. The maximum absolute atomic E-state index is 12.3. The fourth-order valence-corrected chi connectivity index (χ4v) is 7.09. The number of phosphoric acid groups is 1. The molecule has 0 aliphatic heterocycles. The second-order valence-electron chi connectivity index (χ2n) is 5.22. The van der Waals surface area contributed by atoms with Crippen LogP contribution in [0, 0.1) is 0 Å². The summed E-state index contributed by atoms with van der Waals surface area (Å²) in [5.41, 5.74) is 0.877. The van der Waals surface area contributed by atoms with Crippen LogP contribution in [0.3, 0.4) is 0 Å². The van der Waals surface area contributed by atoms with Crippen LogP contribution in [0.4, 0.5) is 0 Å². The van der Waals surface area contributed by atoms with E-state index in [9.17, 15) is 4.57 Å². The monoisotopic (exact) mass is 348 g/mol. The Hall–Kier alpha value is -0.393. The molecule has 128 valence electrons. The van der Waals surface area contributed by atoms with Gasteiger partial charge in [-0.15, -0.1) is 0 Å². The highest BCUT2D eigenvalue weighted by atomic mass is 31.2. The molecule has 5 nitrogen and oxygen atoms in total. The van der Waals surface area contributed by atoms with Crippen molar-refractivity contribution in [3.63, 3.8) is 0 Å². The minimum atomic E-state index is -3.47. The lowest BCUT2D eigenvalue weighted by molar-refractivity contribution is 0.116. The minimum Gasteiger partial charge on any atom is -0.474 e. The van der Waals surface area contributed by atoms with Crippen LogP contribution in [0.1, 0.15) is 40.2 Å². The summed E-state index contributed by atoms with van der Waals surface area (Å²) >= 11 is 0. The molecular weight excluding hydrogens is 319 g/mol. The number of rotatable bonds is 11. The molecule has 0 unspecified atom stereocenters. The van der Waals surface area contributed by atoms with Gasteiger partial charge in [0.2, 0.25) is 0 Å². The standard InChI is InChI=1S/C15H29O5PSi/c1-6-18-21(16,19-7-2)20-13-14-11-15(17-12-14)22(8-3,9-4)10-5/h11-12H,6-10,13H2,1-5H3. The summed E-state index contributed by atoms with van der Waals surface area (Å²) in [6.45, 7) is 10.9. The molecule has 0 aromatic carbocycles. The molecule has 22 heavy (non-hydrogen) atoms. The van der Waals surface area contributed by atoms with Crippen molar-refractivity contribution in [2.24, 2.45) is 0 Å². The molecule has 0 aliphatic carbocycles. The van der Waals surface area contributed by atoms with Crippen molar-refractivity contribution in [3.8, 4) is 0 Å². The van der Waals surface area contributed by atoms with Gasteiger partial charge in [0, 0.05) is 5.56 Å². The average Bonchev–Trinajstić information content (AvgIpc) is 2.98. The largest absolute Gasteiger partial charge is 0.475 e. The number of furan rings is 1. The third-order valence-electron chi connectivity index (χ3n) is 4.17. The Balaban J connectivity index is 2.78. The van der Waals surface area contributed by atoms with E-state index in [1.807, 2.05) is 6.07 Å². The Labute approximate surface area is 135 Å². The SMILES string of the molecule is CCOP(=O)(OCC)OCc1coc([Si](CC)(CC)CC)c1. The number of hydrogen-bond donors (Lipinski definition) is 0. The highest BCUT2D eigenvalue weighted by molar-refractivity contribution is 7.48. The van der Waals surface area contributed by atoms with Crippen LogP contribution < -0.4 is 5.38 Å². The van der Waals surface area contributed by atoms with Crippen LogP contribution in [-0.2, 0) is 24.7 Å². The van der Waals surface area contributed by atoms with Gasteiger partial charge in [0.1, 0.15) is 8.07 Å². The van der Waals surface area contributed by atoms with Gasteiger partial charge in [-0.1, -0.05) is 38.9 Å². The molecule has 7 heteroatoms. The van der Waals surface area contributed by atoms with E-state index < -0.39 is 15.9 Å². The van der Waals surface area contributed by atoms with E-state index in [2.05, 4.69) is 20.8 Å². The fourth-order valence-electron chi connectivity index (χ4n) is 2.58. The fraction of sp³-hybridized carbons (Fsp3) is 0.733. The third kappa shape index (κ3) is 4.80.